The van der Waals surface area contributed by atoms with Crippen molar-refractivity contribution in [3.05, 3.63) is 46.0 Å². The molecule has 0 saturated heterocycles. The lowest BCUT2D eigenvalue weighted by molar-refractivity contribution is 0.0986. The molecule has 0 aliphatic heterocycles. The Kier molecular flexibility index (Phi) is 3.88. The highest BCUT2D eigenvalue weighted by molar-refractivity contribution is 7.16. The van der Waals surface area contributed by atoms with E-state index in [4.69, 9.17) is 11.6 Å². The minimum atomic E-state index is -0.292. The van der Waals surface area contributed by atoms with Crippen molar-refractivity contribution >= 4 is 39.1 Å². The second-order valence-corrected chi connectivity index (χ2v) is 6.67. The number of fused-ring (bicyclic) bond motifs is 1. The highest BCUT2D eigenvalue weighted by Gasteiger charge is 2.14. The van der Waals surface area contributed by atoms with Crippen molar-refractivity contribution in [2.45, 2.75) is 19.9 Å². The van der Waals surface area contributed by atoms with E-state index in [1.54, 1.807) is 16.9 Å². The summed E-state index contributed by atoms with van der Waals surface area (Å²) in [6.07, 6.45) is 1.62. The highest BCUT2D eigenvalue weighted by atomic mass is 35.5. The first-order valence-corrected chi connectivity index (χ1v) is 8.04. The van der Waals surface area contributed by atoms with Gasteiger partial charge in [0.15, 0.2) is 4.80 Å². The fourth-order valence-corrected chi connectivity index (χ4v) is 3.55. The first-order valence-electron chi connectivity index (χ1n) is 6.85. The van der Waals surface area contributed by atoms with Gasteiger partial charge in [0.05, 0.1) is 10.2 Å². The van der Waals surface area contributed by atoms with Crippen molar-refractivity contribution in [1.82, 2.24) is 14.3 Å². The summed E-state index contributed by atoms with van der Waals surface area (Å²) in [5.41, 5.74) is 1.49. The third-order valence-electron chi connectivity index (χ3n) is 3.35. The molecule has 3 aromatic rings. The number of carbonyl (C=O) groups excluding carboxylic acids is 1. The van der Waals surface area contributed by atoms with Crippen LogP contribution < -0.4 is 4.80 Å². The van der Waals surface area contributed by atoms with Gasteiger partial charge in [-0.05, 0) is 38.1 Å². The minimum absolute atomic E-state index is 0.110. The third kappa shape index (κ3) is 2.60. The monoisotopic (exact) mass is 334 g/mol. The van der Waals surface area contributed by atoms with Crippen LogP contribution in [-0.2, 0) is 7.05 Å². The molecule has 0 fully saturated rings. The van der Waals surface area contributed by atoms with Crippen LogP contribution in [0.1, 0.15) is 30.4 Å². The normalized spacial score (nSPS) is 12.5. The molecule has 0 atom stereocenters. The van der Waals surface area contributed by atoms with Gasteiger partial charge in [-0.15, -0.1) is 0 Å². The summed E-state index contributed by atoms with van der Waals surface area (Å²) in [6, 6.07) is 7.44. The number of hydrogen-bond donors (Lipinski definition) is 0. The maximum absolute atomic E-state index is 12.4. The first-order chi connectivity index (χ1) is 10.5. The van der Waals surface area contributed by atoms with Gasteiger partial charge in [0.1, 0.15) is 5.69 Å². The molecule has 0 aliphatic carbocycles. The summed E-state index contributed by atoms with van der Waals surface area (Å²) in [4.78, 5) is 17.3. The van der Waals surface area contributed by atoms with E-state index in [2.05, 4.69) is 10.1 Å². The van der Waals surface area contributed by atoms with Crippen LogP contribution in [0.25, 0.3) is 10.2 Å². The summed E-state index contributed by atoms with van der Waals surface area (Å²) in [5.74, 6) is -0.292. The summed E-state index contributed by atoms with van der Waals surface area (Å²) in [6.45, 7) is 3.95. The van der Waals surface area contributed by atoms with Gasteiger partial charge >= 0.3 is 0 Å². The Labute approximate surface area is 136 Å². The van der Waals surface area contributed by atoms with Gasteiger partial charge in [0, 0.05) is 24.3 Å². The van der Waals surface area contributed by atoms with Crippen molar-refractivity contribution in [2.24, 2.45) is 12.0 Å². The van der Waals surface area contributed by atoms with Crippen molar-refractivity contribution in [3.63, 3.8) is 0 Å². The number of nitrogens with zero attached hydrogens (tertiary/aromatic N) is 4. The van der Waals surface area contributed by atoms with E-state index in [0.29, 0.717) is 15.5 Å². The Morgan fingerprint density at radius 1 is 1.36 bits per heavy atom. The summed E-state index contributed by atoms with van der Waals surface area (Å²) in [5, 5.41) is 4.84. The van der Waals surface area contributed by atoms with Crippen LogP contribution in [0.3, 0.4) is 0 Å². The molecular formula is C15H15ClN4OS. The molecule has 5 nitrogen and oxygen atoms in total. The fourth-order valence-electron chi connectivity index (χ4n) is 2.25. The summed E-state index contributed by atoms with van der Waals surface area (Å²) >= 11 is 7.45. The van der Waals surface area contributed by atoms with Crippen molar-refractivity contribution < 1.29 is 4.79 Å². The van der Waals surface area contributed by atoms with E-state index in [1.807, 2.05) is 43.7 Å². The molecule has 0 saturated carbocycles. The average Bonchev–Trinajstić information content (AvgIpc) is 3.05. The van der Waals surface area contributed by atoms with Crippen LogP contribution in [-0.4, -0.2) is 20.3 Å². The van der Waals surface area contributed by atoms with Gasteiger partial charge in [-0.2, -0.15) is 10.1 Å². The largest absolute Gasteiger partial charge is 0.319 e. The lowest BCUT2D eigenvalue weighted by atomic mass is 10.3. The number of aromatic nitrogens is 3. The van der Waals surface area contributed by atoms with Gasteiger partial charge in [-0.25, -0.2) is 0 Å². The molecule has 0 spiro atoms. The maximum atomic E-state index is 12.4. The predicted octanol–water partition coefficient (Wildman–Crippen LogP) is 3.41. The van der Waals surface area contributed by atoms with Gasteiger partial charge in [0.25, 0.3) is 5.91 Å². The van der Waals surface area contributed by atoms with Gasteiger partial charge in [0.2, 0.25) is 0 Å². The van der Waals surface area contributed by atoms with Crippen LogP contribution in [0.5, 0.6) is 0 Å². The zero-order chi connectivity index (χ0) is 15.9. The molecule has 2 heterocycles. The fraction of sp³-hybridized carbons (Fsp3) is 0.267. The van der Waals surface area contributed by atoms with Crippen molar-refractivity contribution in [3.8, 4) is 0 Å². The van der Waals surface area contributed by atoms with Gasteiger partial charge < -0.3 is 4.57 Å². The second-order valence-electron chi connectivity index (χ2n) is 5.23. The SMILES string of the molecule is CC(C)n1nccc1C(=O)N=c1sc2cc(Cl)ccc2n1C. The molecular weight excluding hydrogens is 320 g/mol. The number of carbonyl (C=O) groups is 1. The summed E-state index contributed by atoms with van der Waals surface area (Å²) < 4.78 is 4.57. The van der Waals surface area contributed by atoms with Crippen LogP contribution in [0.4, 0.5) is 0 Å². The van der Waals surface area contributed by atoms with E-state index >= 15 is 0 Å². The van der Waals surface area contributed by atoms with Crippen LogP contribution in [0.2, 0.25) is 5.02 Å². The third-order valence-corrected chi connectivity index (χ3v) is 4.68. The molecule has 114 valence electrons. The lowest BCUT2D eigenvalue weighted by Gasteiger charge is -2.07. The zero-order valence-corrected chi connectivity index (χ0v) is 14.0. The van der Waals surface area contributed by atoms with E-state index in [-0.39, 0.29) is 11.9 Å². The van der Waals surface area contributed by atoms with E-state index in [1.165, 1.54) is 11.3 Å². The molecule has 1 aromatic carbocycles. The van der Waals surface area contributed by atoms with E-state index < -0.39 is 0 Å². The van der Waals surface area contributed by atoms with E-state index in [0.717, 1.165) is 10.2 Å². The Morgan fingerprint density at radius 2 is 2.14 bits per heavy atom. The molecule has 0 N–H and O–H groups in total. The highest BCUT2D eigenvalue weighted by Crippen LogP contribution is 2.21. The van der Waals surface area contributed by atoms with Gasteiger partial charge in [-0.1, -0.05) is 22.9 Å². The molecule has 1 amide bonds. The molecule has 0 aliphatic rings. The molecule has 2 aromatic heterocycles. The standard InChI is InChI=1S/C15H15ClN4OS/c1-9(2)20-12(6-7-17-20)14(21)18-15-19(3)11-5-4-10(16)8-13(11)22-15/h4-9H,1-3H3. The number of hydrogen-bond acceptors (Lipinski definition) is 3. The van der Waals surface area contributed by atoms with Crippen molar-refractivity contribution in [2.75, 3.05) is 0 Å². The molecule has 22 heavy (non-hydrogen) atoms. The Bertz CT molecular complexity index is 919. The number of aryl methyl sites for hydroxylation is 1. The number of thiazole rings is 1. The first kappa shape index (κ1) is 15.0. The number of halogens is 1. The zero-order valence-electron chi connectivity index (χ0n) is 12.4. The predicted molar refractivity (Wildman–Crippen MR) is 88.3 cm³/mol. The smallest absolute Gasteiger partial charge is 0.297 e. The molecule has 0 unspecified atom stereocenters. The molecule has 7 heteroatoms. The molecule has 0 bridgehead atoms. The molecule has 3 rings (SSSR count). The van der Waals surface area contributed by atoms with Crippen LogP contribution in [0.15, 0.2) is 35.5 Å². The van der Waals surface area contributed by atoms with Gasteiger partial charge in [-0.3, -0.25) is 9.48 Å². The Hall–Kier alpha value is -1.92. The molecule has 0 radical (unpaired) electrons. The average molecular weight is 335 g/mol. The van der Waals surface area contributed by atoms with E-state index in [9.17, 15) is 4.79 Å². The van der Waals surface area contributed by atoms with Crippen LogP contribution >= 0.6 is 22.9 Å². The number of benzene rings is 1. The summed E-state index contributed by atoms with van der Waals surface area (Å²) in [7, 11) is 1.89. The second kappa shape index (κ2) is 5.70. The van der Waals surface area contributed by atoms with Crippen LogP contribution in [0, 0.1) is 0 Å². The maximum Gasteiger partial charge on any atom is 0.297 e. The lowest BCUT2D eigenvalue weighted by Crippen LogP contribution is -2.16. The topological polar surface area (TPSA) is 52.2 Å². The number of amides is 1. The van der Waals surface area contributed by atoms with Crippen molar-refractivity contribution in [1.29, 1.82) is 0 Å². The Morgan fingerprint density at radius 3 is 2.86 bits per heavy atom. The Balaban J connectivity index is 2.10. The number of rotatable bonds is 2. The quantitative estimate of drug-likeness (QED) is 0.721. The minimum Gasteiger partial charge on any atom is -0.319 e.